The van der Waals surface area contributed by atoms with E-state index in [0.29, 0.717) is 12.1 Å². The molecule has 11 nitrogen and oxygen atoms in total. The zero-order valence-electron chi connectivity index (χ0n) is 10.9. The SMILES string of the molecule is Cc1cnc(Nc2c([N+](=O)[O-])cc([N+](=O)[O-])cc2[N+](=O)[O-])s1. The molecule has 0 aliphatic carbocycles. The van der Waals surface area contributed by atoms with Gasteiger partial charge in [-0.1, -0.05) is 0 Å². The van der Waals surface area contributed by atoms with E-state index < -0.39 is 37.5 Å². The lowest BCUT2D eigenvalue weighted by Crippen LogP contribution is -2.03. The molecule has 0 saturated carbocycles. The summed E-state index contributed by atoms with van der Waals surface area (Å²) in [6.45, 7) is 1.74. The van der Waals surface area contributed by atoms with Gasteiger partial charge in [-0.3, -0.25) is 30.3 Å². The molecule has 0 atom stereocenters. The number of hydrogen-bond acceptors (Lipinski definition) is 9. The zero-order valence-corrected chi connectivity index (χ0v) is 11.7. The molecule has 22 heavy (non-hydrogen) atoms. The maximum atomic E-state index is 11.1. The van der Waals surface area contributed by atoms with Crippen molar-refractivity contribution < 1.29 is 14.8 Å². The molecule has 0 radical (unpaired) electrons. The molecule has 2 rings (SSSR count). The van der Waals surface area contributed by atoms with Gasteiger partial charge >= 0.3 is 11.4 Å². The fraction of sp³-hybridized carbons (Fsp3) is 0.100. The summed E-state index contributed by atoms with van der Waals surface area (Å²) in [6, 6.07) is 1.32. The van der Waals surface area contributed by atoms with E-state index in [4.69, 9.17) is 0 Å². The topological polar surface area (TPSA) is 154 Å². The van der Waals surface area contributed by atoms with Crippen LogP contribution in [0, 0.1) is 37.3 Å². The van der Waals surface area contributed by atoms with Gasteiger partial charge in [0, 0.05) is 11.1 Å². The molecule has 0 spiro atoms. The summed E-state index contributed by atoms with van der Waals surface area (Å²) in [5.74, 6) is 0. The minimum Gasteiger partial charge on any atom is -0.320 e. The van der Waals surface area contributed by atoms with Crippen LogP contribution in [0.15, 0.2) is 18.3 Å². The molecule has 114 valence electrons. The zero-order chi connectivity index (χ0) is 16.4. The summed E-state index contributed by atoms with van der Waals surface area (Å²) in [5.41, 5.74) is -2.73. The molecule has 1 aromatic heterocycles. The molecule has 0 bridgehead atoms. The smallest absolute Gasteiger partial charge is 0.306 e. The number of aromatic nitrogens is 1. The Kier molecular flexibility index (Phi) is 3.94. The second-order valence-corrected chi connectivity index (χ2v) is 5.27. The molecule has 0 unspecified atom stereocenters. The number of nitro benzene ring substituents is 3. The lowest BCUT2D eigenvalue weighted by atomic mass is 10.2. The summed E-state index contributed by atoms with van der Waals surface area (Å²) in [5, 5.41) is 35.6. The fourth-order valence-corrected chi connectivity index (χ4v) is 2.31. The lowest BCUT2D eigenvalue weighted by Gasteiger charge is -2.05. The molecule has 0 saturated heterocycles. The largest absolute Gasteiger partial charge is 0.320 e. The summed E-state index contributed by atoms with van der Waals surface area (Å²) in [4.78, 5) is 34.8. The van der Waals surface area contributed by atoms with Gasteiger partial charge < -0.3 is 5.32 Å². The third kappa shape index (κ3) is 2.95. The first kappa shape index (κ1) is 15.2. The number of non-ortho nitro benzene ring substituents is 1. The van der Waals surface area contributed by atoms with Crippen LogP contribution in [-0.2, 0) is 0 Å². The lowest BCUT2D eigenvalue weighted by molar-refractivity contribution is -0.401. The Balaban J connectivity index is 2.65. The molecule has 1 aromatic carbocycles. The number of hydrogen-bond donors (Lipinski definition) is 1. The minimum atomic E-state index is -0.933. The van der Waals surface area contributed by atoms with Gasteiger partial charge in [-0.2, -0.15) is 0 Å². The normalized spacial score (nSPS) is 10.2. The number of benzene rings is 1. The molecule has 2 aromatic rings. The van der Waals surface area contributed by atoms with Crippen LogP contribution in [0.25, 0.3) is 0 Å². The van der Waals surface area contributed by atoms with E-state index in [2.05, 4.69) is 10.3 Å². The minimum absolute atomic E-state index is 0.206. The molecular formula is C10H7N5O6S. The number of thiazole rings is 1. The Hall–Kier alpha value is -3.15. The highest BCUT2D eigenvalue weighted by Gasteiger charge is 2.31. The Morgan fingerprint density at radius 3 is 1.95 bits per heavy atom. The number of aryl methyl sites for hydroxylation is 1. The second kappa shape index (κ2) is 5.69. The molecule has 1 N–H and O–H groups in total. The van der Waals surface area contributed by atoms with Crippen molar-refractivity contribution in [1.29, 1.82) is 0 Å². The highest BCUT2D eigenvalue weighted by Crippen LogP contribution is 2.40. The third-order valence-electron chi connectivity index (χ3n) is 2.54. The first-order chi connectivity index (χ1) is 10.3. The maximum absolute atomic E-state index is 11.1. The van der Waals surface area contributed by atoms with Crippen molar-refractivity contribution in [2.45, 2.75) is 6.92 Å². The summed E-state index contributed by atoms with van der Waals surface area (Å²) < 4.78 is 0. The molecule has 1 heterocycles. The van der Waals surface area contributed by atoms with E-state index in [1.54, 1.807) is 6.92 Å². The van der Waals surface area contributed by atoms with E-state index in [1.165, 1.54) is 6.20 Å². The summed E-state index contributed by atoms with van der Waals surface area (Å²) in [7, 11) is 0. The fourth-order valence-electron chi connectivity index (χ4n) is 1.64. The van der Waals surface area contributed by atoms with Crippen molar-refractivity contribution in [3.05, 3.63) is 53.5 Å². The van der Waals surface area contributed by atoms with Crippen LogP contribution in [0.2, 0.25) is 0 Å². The highest BCUT2D eigenvalue weighted by molar-refractivity contribution is 7.15. The van der Waals surface area contributed by atoms with Crippen LogP contribution in [0.4, 0.5) is 27.9 Å². The van der Waals surface area contributed by atoms with Crippen molar-refractivity contribution in [3.63, 3.8) is 0 Å². The first-order valence-electron chi connectivity index (χ1n) is 5.60. The average molecular weight is 325 g/mol. The molecule has 0 aliphatic rings. The van der Waals surface area contributed by atoms with Crippen LogP contribution < -0.4 is 5.32 Å². The van der Waals surface area contributed by atoms with Crippen LogP contribution in [-0.4, -0.2) is 19.8 Å². The first-order valence-corrected chi connectivity index (χ1v) is 6.42. The van der Waals surface area contributed by atoms with E-state index in [0.717, 1.165) is 16.2 Å². The van der Waals surface area contributed by atoms with E-state index in [1.807, 2.05) is 0 Å². The van der Waals surface area contributed by atoms with Gasteiger partial charge in [-0.05, 0) is 6.92 Å². The van der Waals surface area contributed by atoms with Crippen molar-refractivity contribution in [2.75, 3.05) is 5.32 Å². The van der Waals surface area contributed by atoms with Gasteiger partial charge in [0.05, 0.1) is 26.9 Å². The molecule has 12 heteroatoms. The van der Waals surface area contributed by atoms with Gasteiger partial charge in [0.25, 0.3) is 5.69 Å². The Morgan fingerprint density at radius 2 is 1.59 bits per heavy atom. The van der Waals surface area contributed by atoms with Gasteiger partial charge in [0.2, 0.25) is 0 Å². The molecule has 0 fully saturated rings. The standard InChI is InChI=1S/C10H7N5O6S/c1-5-4-11-10(22-5)12-9-7(14(18)19)2-6(13(16)17)3-8(9)15(20)21/h2-4H,1H3,(H,11,12). The average Bonchev–Trinajstić information content (AvgIpc) is 2.83. The van der Waals surface area contributed by atoms with Gasteiger partial charge in [-0.25, -0.2) is 4.98 Å². The van der Waals surface area contributed by atoms with Gasteiger partial charge in [-0.15, -0.1) is 11.3 Å². The third-order valence-corrected chi connectivity index (χ3v) is 3.37. The Bertz CT molecular complexity index is 753. The number of anilines is 2. The Labute approximate surface area is 125 Å². The highest BCUT2D eigenvalue weighted by atomic mass is 32.1. The number of nitrogens with zero attached hydrogens (tertiary/aromatic N) is 4. The van der Waals surface area contributed by atoms with Crippen LogP contribution >= 0.6 is 11.3 Å². The monoisotopic (exact) mass is 325 g/mol. The number of nitrogens with one attached hydrogen (secondary N) is 1. The summed E-state index contributed by atoms with van der Waals surface area (Å²) >= 11 is 1.13. The van der Waals surface area contributed by atoms with Gasteiger partial charge in [0.15, 0.2) is 10.8 Å². The predicted molar refractivity (Wildman–Crippen MR) is 76.5 cm³/mol. The van der Waals surface area contributed by atoms with Crippen LogP contribution in [0.3, 0.4) is 0 Å². The molecular weight excluding hydrogens is 318 g/mol. The number of rotatable bonds is 5. The quantitative estimate of drug-likeness (QED) is 0.649. The van der Waals surface area contributed by atoms with Crippen molar-refractivity contribution in [2.24, 2.45) is 0 Å². The Morgan fingerprint density at radius 1 is 1.05 bits per heavy atom. The maximum Gasteiger partial charge on any atom is 0.306 e. The van der Waals surface area contributed by atoms with E-state index >= 15 is 0 Å². The predicted octanol–water partition coefficient (Wildman–Crippen LogP) is 2.92. The summed E-state index contributed by atoms with van der Waals surface area (Å²) in [6.07, 6.45) is 1.48. The van der Waals surface area contributed by atoms with Crippen LogP contribution in [0.5, 0.6) is 0 Å². The second-order valence-electron chi connectivity index (χ2n) is 4.03. The van der Waals surface area contributed by atoms with Gasteiger partial charge in [0.1, 0.15) is 0 Å². The van der Waals surface area contributed by atoms with Crippen molar-refractivity contribution in [3.8, 4) is 0 Å². The number of nitro groups is 3. The van der Waals surface area contributed by atoms with Crippen molar-refractivity contribution in [1.82, 2.24) is 4.98 Å². The van der Waals surface area contributed by atoms with Crippen LogP contribution in [0.1, 0.15) is 4.88 Å². The van der Waals surface area contributed by atoms with E-state index in [9.17, 15) is 30.3 Å². The van der Waals surface area contributed by atoms with Crippen molar-refractivity contribution >= 4 is 39.2 Å². The van der Waals surface area contributed by atoms with E-state index in [-0.39, 0.29) is 5.13 Å². The molecule has 0 amide bonds. The molecule has 0 aliphatic heterocycles.